The lowest BCUT2D eigenvalue weighted by molar-refractivity contribution is 0.624. The van der Waals surface area contributed by atoms with Crippen molar-refractivity contribution in [2.75, 3.05) is 5.75 Å². The number of benzene rings is 1. The Balaban J connectivity index is 1.63. The Morgan fingerprint density at radius 3 is 2.24 bits per heavy atom. The largest absolute Gasteiger partial charge is 0.268 e. The fourth-order valence-corrected chi connectivity index (χ4v) is 6.11. The molecule has 1 aromatic rings. The smallest absolute Gasteiger partial charge is 0.139 e. The second kappa shape index (κ2) is 10.9. The first-order valence-corrected chi connectivity index (χ1v) is 11.7. The number of nitrogens with zero attached hydrogens (tertiary/aromatic N) is 1. The molecule has 0 amide bonds. The molecule has 2 N–H and O–H groups in total. The normalized spacial score (nSPS) is 26.4. The molecular weight excluding hydrogens is 326 g/mol. The molecule has 0 aromatic heterocycles. The molecule has 1 saturated carbocycles. The molecule has 0 spiro atoms. The standard InChI is InChI=1S/C21H34N3S/c1-2-4-10-16-20(15-9-3-1)25-18-12-6-11-17-21(23-24-25)22-19-13-7-5-8-14-19/h5,7-8,13-14,20,24H,1-4,6,9-12,15-18H2,(H,22,23)/q+1. The highest BCUT2D eigenvalue weighted by molar-refractivity contribution is 7.95. The molecule has 25 heavy (non-hydrogen) atoms. The average Bonchev–Trinajstić information content (AvgIpc) is 2.85. The second-order valence-electron chi connectivity index (χ2n) is 7.39. The summed E-state index contributed by atoms with van der Waals surface area (Å²) in [7, 11) is 0. The Bertz CT molecular complexity index is 507. The summed E-state index contributed by atoms with van der Waals surface area (Å²) in [5, 5.41) is 0.849. The third-order valence-electron chi connectivity index (χ3n) is 5.33. The predicted octanol–water partition coefficient (Wildman–Crippen LogP) is 5.42. The minimum Gasteiger partial charge on any atom is -0.268 e. The first kappa shape index (κ1) is 18.8. The molecule has 0 radical (unpaired) electrons. The zero-order valence-electron chi connectivity index (χ0n) is 15.5. The molecule has 3 nitrogen and oxygen atoms in total. The Morgan fingerprint density at radius 2 is 1.48 bits per heavy atom. The van der Waals surface area contributed by atoms with Crippen molar-refractivity contribution in [3.63, 3.8) is 0 Å². The number of rotatable bonds is 2. The summed E-state index contributed by atoms with van der Waals surface area (Å²) >= 11 is 0.282. The zero-order chi connectivity index (χ0) is 17.2. The summed E-state index contributed by atoms with van der Waals surface area (Å²) in [6, 6.07) is 10.3. The van der Waals surface area contributed by atoms with E-state index in [1.807, 2.05) is 6.07 Å². The highest BCUT2D eigenvalue weighted by Gasteiger charge is 2.31. The van der Waals surface area contributed by atoms with Crippen LogP contribution in [0, 0.1) is 0 Å². The number of nitrogens with one attached hydrogen (secondary N) is 2. The van der Waals surface area contributed by atoms with Crippen LogP contribution in [0.5, 0.6) is 0 Å². The van der Waals surface area contributed by atoms with Crippen LogP contribution in [0.3, 0.4) is 0 Å². The van der Waals surface area contributed by atoms with Gasteiger partial charge in [0.15, 0.2) is 0 Å². The van der Waals surface area contributed by atoms with Crippen molar-refractivity contribution >= 4 is 22.6 Å². The maximum atomic E-state index is 4.84. The highest BCUT2D eigenvalue weighted by atomic mass is 32.2. The van der Waals surface area contributed by atoms with Crippen molar-refractivity contribution in [3.8, 4) is 0 Å². The lowest BCUT2D eigenvalue weighted by atomic mass is 10.1. The van der Waals surface area contributed by atoms with E-state index in [2.05, 4.69) is 34.5 Å². The number of hydrazine groups is 1. The first-order chi connectivity index (χ1) is 12.4. The van der Waals surface area contributed by atoms with E-state index in [0.717, 1.165) is 23.2 Å². The second-order valence-corrected chi connectivity index (χ2v) is 9.52. The van der Waals surface area contributed by atoms with E-state index >= 15 is 0 Å². The number of para-hydroxylation sites is 1. The summed E-state index contributed by atoms with van der Waals surface area (Å²) in [4.78, 5) is 8.55. The molecule has 1 aliphatic heterocycles. The Kier molecular flexibility index (Phi) is 8.17. The molecule has 3 rings (SSSR count). The van der Waals surface area contributed by atoms with Gasteiger partial charge in [-0.2, -0.15) is 0 Å². The molecule has 2 aliphatic rings. The summed E-state index contributed by atoms with van der Waals surface area (Å²) in [5.74, 6) is 2.43. The van der Waals surface area contributed by atoms with Crippen molar-refractivity contribution in [3.05, 3.63) is 30.3 Å². The molecule has 1 saturated heterocycles. The lowest BCUT2D eigenvalue weighted by Crippen LogP contribution is -2.47. The monoisotopic (exact) mass is 360 g/mol. The van der Waals surface area contributed by atoms with Gasteiger partial charge in [0.05, 0.1) is 16.8 Å². The van der Waals surface area contributed by atoms with E-state index in [1.165, 1.54) is 76.4 Å². The van der Waals surface area contributed by atoms with Crippen molar-refractivity contribution in [1.82, 2.24) is 10.3 Å². The van der Waals surface area contributed by atoms with Gasteiger partial charge in [-0.15, -0.1) is 0 Å². The van der Waals surface area contributed by atoms with Crippen LogP contribution < -0.4 is 10.3 Å². The summed E-state index contributed by atoms with van der Waals surface area (Å²) in [5.41, 5.74) is 4.57. The van der Waals surface area contributed by atoms with E-state index in [1.54, 1.807) is 0 Å². The number of amidine groups is 1. The van der Waals surface area contributed by atoms with Crippen molar-refractivity contribution in [2.24, 2.45) is 4.99 Å². The SMILES string of the molecule is c1ccc(N=C2CCCCC[S+](C3CCCCCCCC3)NN2)cc1. The first-order valence-electron chi connectivity index (χ1n) is 10.3. The van der Waals surface area contributed by atoms with Crippen LogP contribution in [0.4, 0.5) is 5.69 Å². The molecule has 0 bridgehead atoms. The molecule has 1 aliphatic carbocycles. The van der Waals surface area contributed by atoms with Gasteiger partial charge in [0.25, 0.3) is 0 Å². The van der Waals surface area contributed by atoms with Gasteiger partial charge in [0.2, 0.25) is 0 Å². The summed E-state index contributed by atoms with van der Waals surface area (Å²) in [6.07, 6.45) is 16.4. The van der Waals surface area contributed by atoms with E-state index in [4.69, 9.17) is 4.99 Å². The summed E-state index contributed by atoms with van der Waals surface area (Å²) in [6.45, 7) is 0. The van der Waals surface area contributed by atoms with Gasteiger partial charge in [0.1, 0.15) is 16.8 Å². The Morgan fingerprint density at radius 1 is 0.800 bits per heavy atom. The molecular formula is C21H34N3S+. The topological polar surface area (TPSA) is 36.4 Å². The third kappa shape index (κ3) is 6.67. The van der Waals surface area contributed by atoms with Crippen LogP contribution in [0.2, 0.25) is 0 Å². The fourth-order valence-electron chi connectivity index (χ4n) is 3.84. The van der Waals surface area contributed by atoms with Crippen LogP contribution in [-0.2, 0) is 11.1 Å². The fraction of sp³-hybridized carbons (Fsp3) is 0.667. The zero-order valence-corrected chi connectivity index (χ0v) is 16.3. The van der Waals surface area contributed by atoms with Gasteiger partial charge in [0, 0.05) is 6.42 Å². The third-order valence-corrected chi connectivity index (χ3v) is 7.70. The van der Waals surface area contributed by atoms with E-state index < -0.39 is 0 Å². The highest BCUT2D eigenvalue weighted by Crippen LogP contribution is 2.24. The van der Waals surface area contributed by atoms with Crippen LogP contribution in [-0.4, -0.2) is 16.8 Å². The minimum absolute atomic E-state index is 0.282. The van der Waals surface area contributed by atoms with Crippen LogP contribution in [0.1, 0.15) is 77.0 Å². The molecule has 2 fully saturated rings. The van der Waals surface area contributed by atoms with Crippen molar-refractivity contribution in [1.29, 1.82) is 0 Å². The molecule has 1 atom stereocenters. The molecule has 138 valence electrons. The van der Waals surface area contributed by atoms with E-state index in [9.17, 15) is 0 Å². The number of hydrogen-bond donors (Lipinski definition) is 2. The maximum absolute atomic E-state index is 4.84. The van der Waals surface area contributed by atoms with Crippen LogP contribution >= 0.6 is 0 Å². The average molecular weight is 361 g/mol. The number of aliphatic imine (C=N–C) groups is 1. The summed E-state index contributed by atoms with van der Waals surface area (Å²) < 4.78 is 0. The molecule has 1 aromatic carbocycles. The van der Waals surface area contributed by atoms with Crippen LogP contribution in [0.15, 0.2) is 35.3 Å². The quantitative estimate of drug-likeness (QED) is 0.691. The van der Waals surface area contributed by atoms with Gasteiger partial charge in [-0.25, -0.2) is 4.99 Å². The Labute approximate surface area is 156 Å². The van der Waals surface area contributed by atoms with Crippen LogP contribution in [0.25, 0.3) is 0 Å². The minimum atomic E-state index is 0.282. The van der Waals surface area contributed by atoms with Gasteiger partial charge in [-0.1, -0.05) is 43.9 Å². The van der Waals surface area contributed by atoms with Gasteiger partial charge < -0.3 is 0 Å². The van der Waals surface area contributed by atoms with Gasteiger partial charge in [-0.05, 0) is 61.9 Å². The molecule has 1 heterocycles. The lowest BCUT2D eigenvalue weighted by Gasteiger charge is -2.19. The van der Waals surface area contributed by atoms with E-state index in [0.29, 0.717) is 0 Å². The molecule has 1 unspecified atom stereocenters. The molecule has 4 heteroatoms. The van der Waals surface area contributed by atoms with Gasteiger partial charge >= 0.3 is 0 Å². The van der Waals surface area contributed by atoms with Gasteiger partial charge in [-0.3, -0.25) is 5.43 Å². The number of hydrogen-bond acceptors (Lipinski definition) is 2. The van der Waals surface area contributed by atoms with Crippen molar-refractivity contribution in [2.45, 2.75) is 82.3 Å². The van der Waals surface area contributed by atoms with E-state index in [-0.39, 0.29) is 11.1 Å². The predicted molar refractivity (Wildman–Crippen MR) is 111 cm³/mol. The van der Waals surface area contributed by atoms with Crippen molar-refractivity contribution < 1.29 is 0 Å². The Hall–Kier alpha value is -1.00. The maximum Gasteiger partial charge on any atom is 0.139 e.